The first-order valence-electron chi connectivity index (χ1n) is 9.39. The number of hydrogen-bond donors (Lipinski definition) is 2. The lowest BCUT2D eigenvalue weighted by molar-refractivity contribution is -0.177. The minimum absolute atomic E-state index is 0.0925. The van der Waals surface area contributed by atoms with E-state index in [0.717, 1.165) is 24.8 Å². The van der Waals surface area contributed by atoms with Crippen molar-refractivity contribution in [2.75, 3.05) is 7.11 Å². The summed E-state index contributed by atoms with van der Waals surface area (Å²) in [5.74, 6) is 0.786. The molecule has 0 unspecified atom stereocenters. The lowest BCUT2D eigenvalue weighted by Crippen LogP contribution is -2.42. The van der Waals surface area contributed by atoms with Crippen molar-refractivity contribution in [3.63, 3.8) is 0 Å². The maximum Gasteiger partial charge on any atom is 0.342 e. The van der Waals surface area contributed by atoms with Crippen molar-refractivity contribution >= 4 is 5.97 Å². The van der Waals surface area contributed by atoms with Crippen LogP contribution in [0.3, 0.4) is 0 Å². The number of aromatic hydroxyl groups is 1. The molecule has 0 amide bonds. The highest BCUT2D eigenvalue weighted by molar-refractivity contribution is 5.82. The van der Waals surface area contributed by atoms with Crippen LogP contribution in [0, 0.1) is 24.7 Å². The Morgan fingerprint density at radius 1 is 1.31 bits per heavy atom. The molecule has 0 saturated heterocycles. The predicted molar refractivity (Wildman–Crippen MR) is 100 cm³/mol. The van der Waals surface area contributed by atoms with E-state index in [2.05, 4.69) is 20.8 Å². The van der Waals surface area contributed by atoms with Gasteiger partial charge in [0.25, 0.3) is 0 Å². The van der Waals surface area contributed by atoms with Gasteiger partial charge in [0.2, 0.25) is 0 Å². The van der Waals surface area contributed by atoms with E-state index in [1.165, 1.54) is 26.2 Å². The molecule has 26 heavy (non-hydrogen) atoms. The number of hydrogen-bond acceptors (Lipinski definition) is 5. The lowest BCUT2D eigenvalue weighted by Gasteiger charge is -2.38. The number of aryl methyl sites for hydroxylation is 1. The monoisotopic (exact) mass is 364 g/mol. The molecule has 5 heteroatoms. The second-order valence-corrected chi connectivity index (χ2v) is 8.18. The van der Waals surface area contributed by atoms with Crippen LogP contribution in [-0.2, 0) is 15.1 Å². The van der Waals surface area contributed by atoms with E-state index in [4.69, 9.17) is 9.47 Å². The standard InChI is InChI=1S/C21H32O5/c1-12(2)15-8-7-13(3)9-19(15)26-20(23)21(5,24)16-11-18(25-6)14(4)10-17(16)22/h10-13,15,19,22,24H,7-9H2,1-6H3/t13-,15+,19-,21-/m1/s1. The number of benzene rings is 1. The number of carbonyl (C=O) groups excluding carboxylic acids is 1. The van der Waals surface area contributed by atoms with Crippen LogP contribution in [0.5, 0.6) is 11.5 Å². The van der Waals surface area contributed by atoms with Crippen molar-refractivity contribution in [2.24, 2.45) is 17.8 Å². The molecule has 1 fully saturated rings. The third-order valence-corrected chi connectivity index (χ3v) is 5.65. The van der Waals surface area contributed by atoms with E-state index in [9.17, 15) is 15.0 Å². The molecule has 4 atom stereocenters. The van der Waals surface area contributed by atoms with Crippen LogP contribution in [0.2, 0.25) is 0 Å². The molecule has 5 nitrogen and oxygen atoms in total. The summed E-state index contributed by atoms with van der Waals surface area (Å²) in [5, 5.41) is 21.1. The lowest BCUT2D eigenvalue weighted by atomic mass is 9.75. The summed E-state index contributed by atoms with van der Waals surface area (Å²) < 4.78 is 11.0. The molecular weight excluding hydrogens is 332 g/mol. The fourth-order valence-corrected chi connectivity index (χ4v) is 3.90. The Labute approximate surface area is 156 Å². The minimum atomic E-state index is -1.95. The summed E-state index contributed by atoms with van der Waals surface area (Å²) in [5.41, 5.74) is -1.14. The average Bonchev–Trinajstić information content (AvgIpc) is 2.54. The molecule has 0 aromatic heterocycles. The van der Waals surface area contributed by atoms with Gasteiger partial charge in [-0.05, 0) is 62.1 Å². The highest BCUT2D eigenvalue weighted by atomic mass is 16.6. The van der Waals surface area contributed by atoms with Gasteiger partial charge in [-0.25, -0.2) is 4.79 Å². The maximum atomic E-state index is 12.8. The number of methoxy groups -OCH3 is 1. The van der Waals surface area contributed by atoms with Crippen LogP contribution in [0.1, 0.15) is 58.1 Å². The fraction of sp³-hybridized carbons (Fsp3) is 0.667. The summed E-state index contributed by atoms with van der Waals surface area (Å²) >= 11 is 0. The van der Waals surface area contributed by atoms with Crippen LogP contribution in [0.25, 0.3) is 0 Å². The first-order chi connectivity index (χ1) is 12.1. The second-order valence-electron chi connectivity index (χ2n) is 8.18. The van der Waals surface area contributed by atoms with Crippen molar-refractivity contribution in [2.45, 2.75) is 65.6 Å². The molecule has 1 aromatic rings. The molecule has 1 saturated carbocycles. The molecule has 1 aliphatic rings. The average molecular weight is 364 g/mol. The van der Waals surface area contributed by atoms with E-state index < -0.39 is 11.6 Å². The second kappa shape index (κ2) is 7.87. The first kappa shape index (κ1) is 20.6. The molecule has 0 spiro atoms. The third-order valence-electron chi connectivity index (χ3n) is 5.65. The van der Waals surface area contributed by atoms with Gasteiger partial charge in [0.1, 0.15) is 17.6 Å². The zero-order chi connectivity index (χ0) is 19.6. The Hall–Kier alpha value is -1.75. The van der Waals surface area contributed by atoms with E-state index in [-0.39, 0.29) is 23.3 Å². The molecule has 1 aliphatic carbocycles. The number of aliphatic hydroxyl groups is 1. The number of ether oxygens (including phenoxy) is 2. The Morgan fingerprint density at radius 3 is 2.54 bits per heavy atom. The van der Waals surface area contributed by atoms with E-state index >= 15 is 0 Å². The van der Waals surface area contributed by atoms with Gasteiger partial charge in [0.05, 0.1) is 7.11 Å². The molecule has 0 heterocycles. The zero-order valence-electron chi connectivity index (χ0n) is 16.7. The zero-order valence-corrected chi connectivity index (χ0v) is 16.7. The van der Waals surface area contributed by atoms with Gasteiger partial charge < -0.3 is 19.7 Å². The summed E-state index contributed by atoms with van der Waals surface area (Å²) in [6.45, 7) is 9.57. The summed E-state index contributed by atoms with van der Waals surface area (Å²) in [7, 11) is 1.51. The summed E-state index contributed by atoms with van der Waals surface area (Å²) in [4.78, 5) is 12.8. The number of esters is 1. The molecule has 2 N–H and O–H groups in total. The topological polar surface area (TPSA) is 76.0 Å². The van der Waals surface area contributed by atoms with Gasteiger partial charge in [-0.15, -0.1) is 0 Å². The van der Waals surface area contributed by atoms with Gasteiger partial charge in [-0.3, -0.25) is 0 Å². The Balaban J connectivity index is 2.27. The van der Waals surface area contributed by atoms with Crippen molar-refractivity contribution in [3.05, 3.63) is 23.3 Å². The van der Waals surface area contributed by atoms with Crippen molar-refractivity contribution in [1.29, 1.82) is 0 Å². The van der Waals surface area contributed by atoms with Crippen molar-refractivity contribution in [1.82, 2.24) is 0 Å². The number of phenolic OH excluding ortho intramolecular Hbond substituents is 1. The molecule has 2 rings (SSSR count). The Kier molecular flexibility index (Phi) is 6.22. The fourth-order valence-electron chi connectivity index (χ4n) is 3.90. The van der Waals surface area contributed by atoms with Crippen molar-refractivity contribution < 1.29 is 24.5 Å². The van der Waals surface area contributed by atoms with Crippen LogP contribution in [-0.4, -0.2) is 29.4 Å². The van der Waals surface area contributed by atoms with Crippen LogP contribution >= 0.6 is 0 Å². The molecule has 1 aromatic carbocycles. The number of phenols is 1. The Morgan fingerprint density at radius 2 is 1.96 bits per heavy atom. The van der Waals surface area contributed by atoms with Gasteiger partial charge in [-0.2, -0.15) is 0 Å². The van der Waals surface area contributed by atoms with Gasteiger partial charge in [-0.1, -0.05) is 27.2 Å². The first-order valence-corrected chi connectivity index (χ1v) is 9.39. The molecule has 0 aliphatic heterocycles. The normalized spacial score (nSPS) is 25.6. The molecular formula is C21H32O5. The minimum Gasteiger partial charge on any atom is -0.508 e. The molecule has 0 bridgehead atoms. The molecule has 146 valence electrons. The Bertz CT molecular complexity index is 650. The summed E-state index contributed by atoms with van der Waals surface area (Å²) in [6, 6.07) is 2.98. The quantitative estimate of drug-likeness (QED) is 0.775. The molecule has 0 radical (unpaired) electrons. The number of carbonyl (C=O) groups is 1. The smallest absolute Gasteiger partial charge is 0.342 e. The van der Waals surface area contributed by atoms with Gasteiger partial charge in [0, 0.05) is 5.56 Å². The van der Waals surface area contributed by atoms with E-state index in [1.807, 2.05) is 0 Å². The van der Waals surface area contributed by atoms with Crippen LogP contribution in [0.15, 0.2) is 12.1 Å². The summed E-state index contributed by atoms with van der Waals surface area (Å²) in [6.07, 6.45) is 2.73. The predicted octanol–water partition coefficient (Wildman–Crippen LogP) is 3.92. The largest absolute Gasteiger partial charge is 0.508 e. The van der Waals surface area contributed by atoms with E-state index in [0.29, 0.717) is 17.6 Å². The maximum absolute atomic E-state index is 12.8. The number of rotatable bonds is 5. The van der Waals surface area contributed by atoms with Crippen molar-refractivity contribution in [3.8, 4) is 11.5 Å². The van der Waals surface area contributed by atoms with Gasteiger partial charge in [0.15, 0.2) is 5.60 Å². The van der Waals surface area contributed by atoms with Gasteiger partial charge >= 0.3 is 5.97 Å². The highest BCUT2D eigenvalue weighted by Crippen LogP contribution is 2.39. The van der Waals surface area contributed by atoms with E-state index in [1.54, 1.807) is 6.92 Å². The highest BCUT2D eigenvalue weighted by Gasteiger charge is 2.41. The van der Waals surface area contributed by atoms with Crippen LogP contribution < -0.4 is 4.74 Å². The SMILES string of the molecule is COc1cc([C@@](C)(O)C(=O)O[C@@H]2C[C@H](C)CC[C@H]2C(C)C)c(O)cc1C. The van der Waals surface area contributed by atoms with Crippen LogP contribution in [0.4, 0.5) is 0 Å². The third kappa shape index (κ3) is 4.14.